The van der Waals surface area contributed by atoms with Crippen LogP contribution in [0.25, 0.3) is 0 Å². The third-order valence-corrected chi connectivity index (χ3v) is 7.38. The van der Waals surface area contributed by atoms with Crippen LogP contribution in [0.3, 0.4) is 0 Å². The molecule has 11 nitrogen and oxygen atoms in total. The Labute approximate surface area is 225 Å². The van der Waals surface area contributed by atoms with E-state index in [2.05, 4.69) is 35.1 Å². The number of rotatable bonds is 5. The number of aryl methyl sites for hydroxylation is 4. The lowest BCUT2D eigenvalue weighted by Crippen LogP contribution is -2.37. The summed E-state index contributed by atoms with van der Waals surface area (Å²) in [6, 6.07) is 0. The van der Waals surface area contributed by atoms with Crippen LogP contribution in [0, 0.1) is 33.6 Å². The summed E-state index contributed by atoms with van der Waals surface area (Å²) in [7, 11) is 0. The number of nitrogens with one attached hydrogen (secondary N) is 1. The van der Waals surface area contributed by atoms with E-state index in [0.717, 1.165) is 79.8 Å². The maximum atomic E-state index is 12.3. The molecule has 3 N–H and O–H groups in total. The second kappa shape index (κ2) is 13.1. The number of ether oxygens (including phenoxy) is 2. The van der Waals surface area contributed by atoms with Gasteiger partial charge in [-0.15, -0.1) is 0 Å². The van der Waals surface area contributed by atoms with E-state index in [1.165, 1.54) is 25.7 Å². The van der Waals surface area contributed by atoms with Crippen LogP contribution in [-0.4, -0.2) is 78.4 Å². The van der Waals surface area contributed by atoms with Crippen molar-refractivity contribution in [3.8, 4) is 0 Å². The molecule has 1 saturated carbocycles. The maximum absolute atomic E-state index is 12.3. The summed E-state index contributed by atoms with van der Waals surface area (Å²) in [4.78, 5) is 34.5. The van der Waals surface area contributed by atoms with E-state index in [1.54, 1.807) is 0 Å². The minimum absolute atomic E-state index is 0.0887. The number of nitrogen functional groups attached to an aromatic ring is 1. The summed E-state index contributed by atoms with van der Waals surface area (Å²) >= 11 is 0. The van der Waals surface area contributed by atoms with Crippen molar-refractivity contribution in [3.63, 3.8) is 0 Å². The highest BCUT2D eigenvalue weighted by Gasteiger charge is 2.21. The Balaban J connectivity index is 0.000000194. The van der Waals surface area contributed by atoms with Crippen LogP contribution >= 0.6 is 0 Å². The average molecular weight is 527 g/mol. The third kappa shape index (κ3) is 7.28. The third-order valence-electron chi connectivity index (χ3n) is 7.38. The molecule has 3 aliphatic rings. The molecule has 38 heavy (non-hydrogen) atoms. The number of nitrogens with zero attached hydrogens (tertiary/aromatic N) is 6. The number of aromatic nitrogens is 4. The van der Waals surface area contributed by atoms with E-state index in [0.29, 0.717) is 31.2 Å². The molecule has 1 amide bonds. The van der Waals surface area contributed by atoms with E-state index < -0.39 is 0 Å². The van der Waals surface area contributed by atoms with E-state index in [4.69, 9.17) is 15.2 Å². The number of carbonyl (C=O) groups is 1. The van der Waals surface area contributed by atoms with Crippen molar-refractivity contribution in [2.75, 3.05) is 73.5 Å². The molecule has 2 saturated heterocycles. The second-order valence-electron chi connectivity index (χ2n) is 10.3. The molecule has 1 aliphatic carbocycles. The molecule has 208 valence electrons. The van der Waals surface area contributed by atoms with Crippen molar-refractivity contribution in [2.45, 2.75) is 59.8 Å². The molecule has 0 atom stereocenters. The van der Waals surface area contributed by atoms with Crippen molar-refractivity contribution in [2.24, 2.45) is 5.92 Å². The van der Waals surface area contributed by atoms with Crippen LogP contribution < -0.4 is 20.9 Å². The molecule has 0 aromatic carbocycles. The molecule has 2 aromatic heterocycles. The van der Waals surface area contributed by atoms with Crippen LogP contribution in [0.2, 0.25) is 0 Å². The first-order valence-electron chi connectivity index (χ1n) is 13.7. The Morgan fingerprint density at radius 1 is 0.789 bits per heavy atom. The predicted octanol–water partition coefficient (Wildman–Crippen LogP) is 2.96. The maximum Gasteiger partial charge on any atom is 0.226 e. The zero-order valence-corrected chi connectivity index (χ0v) is 23.3. The fourth-order valence-corrected chi connectivity index (χ4v) is 5.06. The average Bonchev–Trinajstić information content (AvgIpc) is 3.43. The molecule has 3 fully saturated rings. The van der Waals surface area contributed by atoms with Gasteiger partial charge in [0.2, 0.25) is 17.8 Å². The zero-order chi connectivity index (χ0) is 27.1. The Morgan fingerprint density at radius 2 is 1.21 bits per heavy atom. The fourth-order valence-electron chi connectivity index (χ4n) is 5.06. The molecular formula is C27H42N8O3. The minimum atomic E-state index is 0.0887. The predicted molar refractivity (Wildman–Crippen MR) is 149 cm³/mol. The standard InChI is InChI=1S/C17H26N4O2.C10H16N4O/c1-12-16(20-15(22)11-14-5-3-4-6-14)13(2)19-17(18-12)21-7-9-23-10-8-21;1-7-9(11)8(2)13-10(12-7)14-3-5-15-6-4-14/h14H,3-11H2,1-2H3,(H,20,22);3-6,11H2,1-2H3. The number of hydrogen-bond donors (Lipinski definition) is 2. The first kappa shape index (κ1) is 28.0. The van der Waals surface area contributed by atoms with Crippen molar-refractivity contribution < 1.29 is 14.3 Å². The van der Waals surface area contributed by atoms with Gasteiger partial charge in [-0.3, -0.25) is 4.79 Å². The van der Waals surface area contributed by atoms with Crippen LogP contribution in [0.4, 0.5) is 23.3 Å². The van der Waals surface area contributed by atoms with Gasteiger partial charge < -0.3 is 30.3 Å². The molecule has 2 aliphatic heterocycles. The van der Waals surface area contributed by atoms with Crippen molar-refractivity contribution in [1.82, 2.24) is 19.9 Å². The Kier molecular flexibility index (Phi) is 9.68. The highest BCUT2D eigenvalue weighted by molar-refractivity contribution is 5.92. The van der Waals surface area contributed by atoms with Gasteiger partial charge in [0, 0.05) is 32.6 Å². The number of hydrogen-bond acceptors (Lipinski definition) is 10. The summed E-state index contributed by atoms with van der Waals surface area (Å²) in [5.74, 6) is 2.13. The van der Waals surface area contributed by atoms with E-state index >= 15 is 0 Å². The molecule has 5 rings (SSSR count). The zero-order valence-electron chi connectivity index (χ0n) is 23.3. The molecule has 0 spiro atoms. The smallest absolute Gasteiger partial charge is 0.226 e. The van der Waals surface area contributed by atoms with Gasteiger partial charge in [-0.25, -0.2) is 19.9 Å². The van der Waals surface area contributed by atoms with Crippen LogP contribution in [-0.2, 0) is 14.3 Å². The topological polar surface area (TPSA) is 132 Å². The molecule has 2 aromatic rings. The molecule has 0 unspecified atom stereocenters. The minimum Gasteiger partial charge on any atom is -0.396 e. The summed E-state index contributed by atoms with van der Waals surface area (Å²) in [6.45, 7) is 13.9. The number of nitrogens with two attached hydrogens (primary N) is 1. The van der Waals surface area contributed by atoms with Gasteiger partial charge >= 0.3 is 0 Å². The van der Waals surface area contributed by atoms with Crippen molar-refractivity contribution >= 4 is 29.2 Å². The van der Waals surface area contributed by atoms with E-state index in [1.807, 2.05) is 27.7 Å². The normalized spacial score (nSPS) is 18.2. The monoisotopic (exact) mass is 526 g/mol. The highest BCUT2D eigenvalue weighted by atomic mass is 16.5. The Hall–Kier alpha value is -3.05. The largest absolute Gasteiger partial charge is 0.396 e. The van der Waals surface area contributed by atoms with E-state index in [9.17, 15) is 4.79 Å². The molecule has 4 heterocycles. The van der Waals surface area contributed by atoms with Crippen LogP contribution in [0.15, 0.2) is 0 Å². The van der Waals surface area contributed by atoms with Gasteiger partial charge in [0.1, 0.15) is 0 Å². The van der Waals surface area contributed by atoms with Crippen LogP contribution in [0.1, 0.15) is 54.9 Å². The van der Waals surface area contributed by atoms with Crippen molar-refractivity contribution in [3.05, 3.63) is 22.8 Å². The lowest BCUT2D eigenvalue weighted by atomic mass is 10.0. The molecule has 0 radical (unpaired) electrons. The fraction of sp³-hybridized carbons (Fsp3) is 0.667. The van der Waals surface area contributed by atoms with Gasteiger partial charge in [0.25, 0.3) is 0 Å². The molecule has 11 heteroatoms. The summed E-state index contributed by atoms with van der Waals surface area (Å²) in [5.41, 5.74) is 10.6. The number of carbonyl (C=O) groups excluding carboxylic acids is 1. The number of morpholine rings is 2. The molecule has 0 bridgehead atoms. The quantitative estimate of drug-likeness (QED) is 0.599. The van der Waals surface area contributed by atoms with Gasteiger partial charge in [-0.05, 0) is 46.5 Å². The van der Waals surface area contributed by atoms with Gasteiger partial charge in [-0.1, -0.05) is 12.8 Å². The van der Waals surface area contributed by atoms with Gasteiger partial charge in [-0.2, -0.15) is 0 Å². The Morgan fingerprint density at radius 3 is 1.66 bits per heavy atom. The lowest BCUT2D eigenvalue weighted by Gasteiger charge is -2.27. The Bertz CT molecular complexity index is 1050. The van der Waals surface area contributed by atoms with Crippen molar-refractivity contribution in [1.29, 1.82) is 0 Å². The first-order valence-corrected chi connectivity index (χ1v) is 13.7. The second-order valence-corrected chi connectivity index (χ2v) is 10.3. The van der Waals surface area contributed by atoms with Gasteiger partial charge in [0.05, 0.1) is 60.6 Å². The number of anilines is 4. The first-order chi connectivity index (χ1) is 18.3. The highest BCUT2D eigenvalue weighted by Crippen LogP contribution is 2.28. The molecular weight excluding hydrogens is 484 g/mol. The summed E-state index contributed by atoms with van der Waals surface area (Å²) in [6.07, 6.45) is 5.49. The number of amides is 1. The lowest BCUT2D eigenvalue weighted by molar-refractivity contribution is -0.117. The summed E-state index contributed by atoms with van der Waals surface area (Å²) in [5, 5.41) is 3.03. The SMILES string of the molecule is Cc1nc(N2CCOCC2)nc(C)c1N.Cc1nc(N2CCOCC2)nc(C)c1NC(=O)CC1CCCC1. The summed E-state index contributed by atoms with van der Waals surface area (Å²) < 4.78 is 10.7. The van der Waals surface area contributed by atoms with E-state index in [-0.39, 0.29) is 5.91 Å². The van der Waals surface area contributed by atoms with Gasteiger partial charge in [0.15, 0.2) is 0 Å². The van der Waals surface area contributed by atoms with Crippen LogP contribution in [0.5, 0.6) is 0 Å².